The van der Waals surface area contributed by atoms with Gasteiger partial charge in [0.15, 0.2) is 0 Å². The van der Waals surface area contributed by atoms with E-state index >= 15 is 0 Å². The van der Waals surface area contributed by atoms with E-state index in [1.165, 1.54) is 17.8 Å². The van der Waals surface area contributed by atoms with Crippen molar-refractivity contribution in [3.05, 3.63) is 35.8 Å². The number of rotatable bonds is 3. The Morgan fingerprint density at radius 3 is 2.08 bits per heavy atom. The summed E-state index contributed by atoms with van der Waals surface area (Å²) in [6, 6.07) is 0. The lowest BCUT2D eigenvalue weighted by molar-refractivity contribution is -0.0878. The van der Waals surface area contributed by atoms with Gasteiger partial charge in [-0.25, -0.2) is 0 Å². The first-order valence-corrected chi connectivity index (χ1v) is 4.27. The van der Waals surface area contributed by atoms with Crippen molar-refractivity contribution < 1.29 is 13.2 Å². The van der Waals surface area contributed by atoms with Crippen LogP contribution in [0, 0.1) is 0 Å². The minimum Gasteiger partial charge on any atom is -0.166 e. The molecule has 0 aromatic carbocycles. The molecule has 0 fully saturated rings. The van der Waals surface area contributed by atoms with Gasteiger partial charge < -0.3 is 0 Å². The molecule has 0 saturated carbocycles. The normalized spacial score (nSPS) is 12.0. The average Bonchev–Trinajstić information content (AvgIpc) is 1.97. The Hall–Kier alpha value is -0.640. The van der Waals surface area contributed by atoms with Crippen molar-refractivity contribution in [1.29, 1.82) is 0 Å². The number of alkyl halides is 3. The van der Waals surface area contributed by atoms with Gasteiger partial charge in [0, 0.05) is 5.57 Å². The van der Waals surface area contributed by atoms with Crippen molar-refractivity contribution in [3.8, 4) is 0 Å². The Balaban J connectivity index is 4.19. The molecule has 0 aromatic rings. The molecule has 0 aliphatic carbocycles. The van der Waals surface area contributed by atoms with Crippen LogP contribution in [0.4, 0.5) is 13.2 Å². The maximum atomic E-state index is 11.8. The third-order valence-electron chi connectivity index (χ3n) is 1.10. The highest BCUT2D eigenvalue weighted by Crippen LogP contribution is 2.25. The smallest absolute Gasteiger partial charge is 0.166 e. The van der Waals surface area contributed by atoms with Crippen molar-refractivity contribution in [2.75, 3.05) is 6.26 Å². The second-order valence-electron chi connectivity index (χ2n) is 2.03. The monoisotopic (exact) mass is 194 g/mol. The number of halogens is 3. The molecule has 0 bridgehead atoms. The molecule has 0 atom stereocenters. The van der Waals surface area contributed by atoms with E-state index in [0.29, 0.717) is 4.91 Å². The molecule has 0 nitrogen and oxygen atoms in total. The van der Waals surface area contributed by atoms with E-state index < -0.39 is 11.7 Å². The van der Waals surface area contributed by atoms with Crippen LogP contribution in [0.1, 0.15) is 0 Å². The highest BCUT2D eigenvalue weighted by atomic mass is 32.2. The molecule has 0 rings (SSSR count). The Kier molecular flexibility index (Phi) is 4.17. The zero-order chi connectivity index (χ0) is 9.78. The van der Waals surface area contributed by atoms with Gasteiger partial charge in [-0.1, -0.05) is 13.2 Å². The molecule has 0 unspecified atom stereocenters. The van der Waals surface area contributed by atoms with E-state index in [2.05, 4.69) is 13.2 Å². The van der Waals surface area contributed by atoms with E-state index in [0.717, 1.165) is 6.08 Å². The van der Waals surface area contributed by atoms with Gasteiger partial charge in [0.25, 0.3) is 0 Å². The van der Waals surface area contributed by atoms with Crippen LogP contribution in [0.5, 0.6) is 0 Å². The Bertz CT molecular complexity index is 213. The summed E-state index contributed by atoms with van der Waals surface area (Å²) in [6.45, 7) is 6.36. The van der Waals surface area contributed by atoms with Crippen molar-refractivity contribution in [2.24, 2.45) is 0 Å². The second kappa shape index (κ2) is 4.40. The van der Waals surface area contributed by atoms with Gasteiger partial charge in [0.1, 0.15) is 0 Å². The summed E-state index contributed by atoms with van der Waals surface area (Å²) in [5, 5.41) is 0. The van der Waals surface area contributed by atoms with Crippen LogP contribution in [-0.2, 0) is 0 Å². The summed E-state index contributed by atoms with van der Waals surface area (Å²) in [4.78, 5) is 0.570. The van der Waals surface area contributed by atoms with E-state index in [1.807, 2.05) is 0 Å². The van der Waals surface area contributed by atoms with Crippen LogP contribution in [0.2, 0.25) is 0 Å². The molecule has 0 aromatic heterocycles. The van der Waals surface area contributed by atoms with Crippen molar-refractivity contribution in [3.63, 3.8) is 0 Å². The predicted molar refractivity (Wildman–Crippen MR) is 47.0 cm³/mol. The van der Waals surface area contributed by atoms with Crippen LogP contribution in [0.3, 0.4) is 0 Å². The molecular weight excluding hydrogens is 185 g/mol. The molecule has 0 spiro atoms. The minimum atomic E-state index is -4.34. The Labute approximate surface area is 73.8 Å². The van der Waals surface area contributed by atoms with Crippen LogP contribution < -0.4 is 0 Å². The molecule has 0 aliphatic rings. The van der Waals surface area contributed by atoms with Crippen molar-refractivity contribution >= 4 is 11.8 Å². The van der Waals surface area contributed by atoms with Crippen LogP contribution in [-0.4, -0.2) is 12.4 Å². The highest BCUT2D eigenvalue weighted by Gasteiger charge is 2.29. The zero-order valence-electron chi connectivity index (χ0n) is 6.61. The fraction of sp³-hybridized carbons (Fsp3) is 0.250. The summed E-state index contributed by atoms with van der Waals surface area (Å²) < 4.78 is 35.4. The number of hydrogen-bond acceptors (Lipinski definition) is 1. The van der Waals surface area contributed by atoms with Gasteiger partial charge in [0.05, 0.1) is 0 Å². The molecule has 12 heavy (non-hydrogen) atoms. The molecule has 0 radical (unpaired) electrons. The molecule has 0 N–H and O–H groups in total. The minimum absolute atomic E-state index is 0.570. The number of thioether (sulfide) groups is 1. The molecule has 0 amide bonds. The number of hydrogen-bond donors (Lipinski definition) is 0. The van der Waals surface area contributed by atoms with Crippen LogP contribution in [0.25, 0.3) is 0 Å². The zero-order valence-corrected chi connectivity index (χ0v) is 7.43. The van der Waals surface area contributed by atoms with E-state index in [9.17, 15) is 13.2 Å². The molecule has 0 heterocycles. The molecule has 4 heteroatoms. The van der Waals surface area contributed by atoms with E-state index in [1.54, 1.807) is 6.26 Å². The third-order valence-corrected chi connectivity index (χ3v) is 1.76. The first kappa shape index (κ1) is 11.4. The third kappa shape index (κ3) is 4.28. The summed E-state index contributed by atoms with van der Waals surface area (Å²) >= 11 is 1.29. The molecule has 0 saturated heterocycles. The Morgan fingerprint density at radius 2 is 1.75 bits per heavy atom. The number of allylic oxidation sites excluding steroid dienone is 3. The van der Waals surface area contributed by atoms with Gasteiger partial charge in [-0.15, -0.1) is 11.8 Å². The van der Waals surface area contributed by atoms with E-state index in [-0.39, 0.29) is 0 Å². The van der Waals surface area contributed by atoms with Gasteiger partial charge in [-0.2, -0.15) is 13.2 Å². The maximum absolute atomic E-state index is 11.8. The SMILES string of the molecule is C=C(/C=C\C(=C)C(F)(F)F)SC. The first-order chi connectivity index (χ1) is 5.38. The molecular formula is C8H9F3S. The van der Waals surface area contributed by atoms with Gasteiger partial charge in [0.2, 0.25) is 0 Å². The van der Waals surface area contributed by atoms with Gasteiger partial charge in [-0.05, 0) is 23.3 Å². The summed E-state index contributed by atoms with van der Waals surface area (Å²) in [5.74, 6) is 0. The van der Waals surface area contributed by atoms with Crippen molar-refractivity contribution in [2.45, 2.75) is 6.18 Å². The van der Waals surface area contributed by atoms with Crippen molar-refractivity contribution in [1.82, 2.24) is 0 Å². The first-order valence-electron chi connectivity index (χ1n) is 3.05. The average molecular weight is 194 g/mol. The maximum Gasteiger partial charge on any atom is 0.415 e. The second-order valence-corrected chi connectivity index (χ2v) is 2.96. The fourth-order valence-electron chi connectivity index (χ4n) is 0.356. The standard InChI is InChI=1S/C8H9F3S/c1-6(8(9,10)11)4-5-7(2)12-3/h4-5H,1-2H2,3H3/b5-4-. The van der Waals surface area contributed by atoms with Gasteiger partial charge in [-0.3, -0.25) is 0 Å². The quantitative estimate of drug-likeness (QED) is 0.619. The lowest BCUT2D eigenvalue weighted by Crippen LogP contribution is -2.08. The largest absolute Gasteiger partial charge is 0.415 e. The summed E-state index contributed by atoms with van der Waals surface area (Å²) in [5.41, 5.74) is -0.863. The molecule has 68 valence electrons. The van der Waals surface area contributed by atoms with E-state index in [4.69, 9.17) is 0 Å². The fourth-order valence-corrected chi connectivity index (χ4v) is 0.560. The highest BCUT2D eigenvalue weighted by molar-refractivity contribution is 8.02. The lowest BCUT2D eigenvalue weighted by Gasteiger charge is -2.04. The van der Waals surface area contributed by atoms with Crippen LogP contribution in [0.15, 0.2) is 35.8 Å². The Morgan fingerprint density at radius 1 is 1.25 bits per heavy atom. The predicted octanol–water partition coefficient (Wildman–Crippen LogP) is 3.54. The van der Waals surface area contributed by atoms with Gasteiger partial charge >= 0.3 is 6.18 Å². The summed E-state index contributed by atoms with van der Waals surface area (Å²) in [6.07, 6.45) is -0.391. The van der Waals surface area contributed by atoms with Crippen LogP contribution >= 0.6 is 11.8 Å². The topological polar surface area (TPSA) is 0 Å². The molecule has 0 aliphatic heterocycles. The summed E-state index contributed by atoms with van der Waals surface area (Å²) in [7, 11) is 0. The lowest BCUT2D eigenvalue weighted by atomic mass is 10.2.